The molecule has 1 aromatic carbocycles. The summed E-state index contributed by atoms with van der Waals surface area (Å²) in [4.78, 5) is 0. The van der Waals surface area contributed by atoms with Crippen LogP contribution in [0.1, 0.15) is 19.3 Å². The summed E-state index contributed by atoms with van der Waals surface area (Å²) in [7, 11) is -1.51. The largest absolute Gasteiger partial charge is 0.544 e. The number of hydrogen-bond acceptors (Lipinski definition) is 2. The molecule has 0 heterocycles. The van der Waals surface area contributed by atoms with Crippen LogP contribution in [-0.4, -0.2) is 14.9 Å². The highest BCUT2D eigenvalue weighted by atomic mass is 28.4. The van der Waals surface area contributed by atoms with Gasteiger partial charge in [0.1, 0.15) is 11.5 Å². The monoisotopic (exact) mass is 264 g/mol. The van der Waals surface area contributed by atoms with Crippen LogP contribution in [0.15, 0.2) is 36.9 Å². The van der Waals surface area contributed by atoms with E-state index < -0.39 is 8.32 Å². The average molecular weight is 264 g/mol. The molecule has 1 rings (SSSR count). The molecule has 1 aromatic rings. The predicted molar refractivity (Wildman–Crippen MR) is 80.0 cm³/mol. The Bertz CT molecular complexity index is 352. The van der Waals surface area contributed by atoms with E-state index in [2.05, 4.69) is 26.2 Å². The maximum absolute atomic E-state index is 5.89. The van der Waals surface area contributed by atoms with E-state index in [1.807, 2.05) is 30.3 Å². The van der Waals surface area contributed by atoms with E-state index >= 15 is 0 Å². The van der Waals surface area contributed by atoms with Crippen molar-refractivity contribution in [1.82, 2.24) is 0 Å². The molecule has 0 saturated carbocycles. The van der Waals surface area contributed by atoms with Gasteiger partial charge in [0.2, 0.25) is 8.32 Å². The molecule has 0 unspecified atom stereocenters. The number of hydrogen-bond donors (Lipinski definition) is 0. The van der Waals surface area contributed by atoms with E-state index in [4.69, 9.17) is 9.16 Å². The van der Waals surface area contributed by atoms with Gasteiger partial charge in [-0.1, -0.05) is 6.08 Å². The lowest BCUT2D eigenvalue weighted by atomic mass is 10.2. The second kappa shape index (κ2) is 7.26. The van der Waals surface area contributed by atoms with Gasteiger partial charge in [0.25, 0.3) is 0 Å². The van der Waals surface area contributed by atoms with E-state index in [1.165, 1.54) is 0 Å². The van der Waals surface area contributed by atoms with Gasteiger partial charge in [0.05, 0.1) is 6.61 Å². The summed E-state index contributed by atoms with van der Waals surface area (Å²) in [6.45, 7) is 11.0. The Kier molecular flexibility index (Phi) is 5.99. The molecule has 100 valence electrons. The van der Waals surface area contributed by atoms with Crippen molar-refractivity contribution < 1.29 is 9.16 Å². The zero-order valence-electron chi connectivity index (χ0n) is 11.7. The van der Waals surface area contributed by atoms with Crippen LogP contribution in [0.2, 0.25) is 19.6 Å². The summed E-state index contributed by atoms with van der Waals surface area (Å²) in [5, 5.41) is 0. The van der Waals surface area contributed by atoms with Crippen LogP contribution in [0.5, 0.6) is 11.5 Å². The number of rotatable bonds is 8. The summed E-state index contributed by atoms with van der Waals surface area (Å²) in [5.74, 6) is 1.85. The standard InChI is InChI=1S/C15H24O2Si/c1-5-6-7-8-13-16-14-9-11-15(12-10-14)17-18(2,3)4/h5,9-12H,1,6-8,13H2,2-4H3. The van der Waals surface area contributed by atoms with E-state index in [-0.39, 0.29) is 0 Å². The first-order valence-corrected chi connectivity index (χ1v) is 9.95. The van der Waals surface area contributed by atoms with Crippen molar-refractivity contribution in [2.75, 3.05) is 6.61 Å². The molecule has 18 heavy (non-hydrogen) atoms. The minimum Gasteiger partial charge on any atom is -0.544 e. The highest BCUT2D eigenvalue weighted by molar-refractivity contribution is 6.70. The Morgan fingerprint density at radius 1 is 1.06 bits per heavy atom. The van der Waals surface area contributed by atoms with Crippen molar-refractivity contribution in [3.63, 3.8) is 0 Å². The van der Waals surface area contributed by atoms with Crippen LogP contribution < -0.4 is 9.16 Å². The number of unbranched alkanes of at least 4 members (excludes halogenated alkanes) is 2. The highest BCUT2D eigenvalue weighted by Crippen LogP contribution is 2.20. The van der Waals surface area contributed by atoms with Crippen molar-refractivity contribution in [3.05, 3.63) is 36.9 Å². The van der Waals surface area contributed by atoms with Crippen molar-refractivity contribution in [3.8, 4) is 11.5 Å². The molecular weight excluding hydrogens is 240 g/mol. The smallest absolute Gasteiger partial charge is 0.242 e. The Labute approximate surface area is 112 Å². The third kappa shape index (κ3) is 6.50. The quantitative estimate of drug-likeness (QED) is 0.387. The molecule has 0 aliphatic carbocycles. The van der Waals surface area contributed by atoms with E-state index in [9.17, 15) is 0 Å². The minimum absolute atomic E-state index is 0.766. The van der Waals surface area contributed by atoms with Crippen LogP contribution in [-0.2, 0) is 0 Å². The zero-order chi connectivity index (χ0) is 13.4. The Balaban J connectivity index is 2.34. The molecule has 0 atom stereocenters. The van der Waals surface area contributed by atoms with Gasteiger partial charge < -0.3 is 9.16 Å². The van der Waals surface area contributed by atoms with Crippen molar-refractivity contribution in [2.45, 2.75) is 38.9 Å². The van der Waals surface area contributed by atoms with Gasteiger partial charge in [0.15, 0.2) is 0 Å². The molecule has 0 radical (unpaired) electrons. The third-order valence-electron chi connectivity index (χ3n) is 2.32. The lowest BCUT2D eigenvalue weighted by Crippen LogP contribution is -2.29. The van der Waals surface area contributed by atoms with Gasteiger partial charge >= 0.3 is 0 Å². The van der Waals surface area contributed by atoms with Gasteiger partial charge in [0, 0.05) is 0 Å². The van der Waals surface area contributed by atoms with Crippen LogP contribution in [0.4, 0.5) is 0 Å². The summed E-state index contributed by atoms with van der Waals surface area (Å²) in [5.41, 5.74) is 0. The Morgan fingerprint density at radius 3 is 2.22 bits per heavy atom. The van der Waals surface area contributed by atoms with Crippen LogP contribution in [0.3, 0.4) is 0 Å². The number of benzene rings is 1. The molecule has 0 aromatic heterocycles. The Hall–Kier alpha value is -1.22. The molecule has 2 nitrogen and oxygen atoms in total. The lowest BCUT2D eigenvalue weighted by Gasteiger charge is -2.19. The second-order valence-corrected chi connectivity index (χ2v) is 9.75. The van der Waals surface area contributed by atoms with Gasteiger partial charge in [-0.3, -0.25) is 0 Å². The fraction of sp³-hybridized carbons (Fsp3) is 0.467. The number of allylic oxidation sites excluding steroid dienone is 1. The maximum Gasteiger partial charge on any atom is 0.242 e. The molecule has 0 saturated heterocycles. The first-order valence-electron chi connectivity index (χ1n) is 6.54. The van der Waals surface area contributed by atoms with Gasteiger partial charge in [-0.15, -0.1) is 6.58 Å². The molecule has 0 bridgehead atoms. The summed E-state index contributed by atoms with van der Waals surface area (Å²) >= 11 is 0. The van der Waals surface area contributed by atoms with Crippen LogP contribution in [0.25, 0.3) is 0 Å². The van der Waals surface area contributed by atoms with E-state index in [0.717, 1.165) is 37.4 Å². The summed E-state index contributed by atoms with van der Waals surface area (Å²) < 4.78 is 11.5. The molecule has 0 N–H and O–H groups in total. The highest BCUT2D eigenvalue weighted by Gasteiger charge is 2.15. The predicted octanol–water partition coefficient (Wildman–Crippen LogP) is 4.64. The van der Waals surface area contributed by atoms with E-state index in [0.29, 0.717) is 0 Å². The summed E-state index contributed by atoms with van der Waals surface area (Å²) in [6, 6.07) is 7.92. The van der Waals surface area contributed by atoms with E-state index in [1.54, 1.807) is 0 Å². The second-order valence-electron chi connectivity index (χ2n) is 5.32. The molecule has 3 heteroatoms. The van der Waals surface area contributed by atoms with Gasteiger partial charge in [-0.05, 0) is 63.2 Å². The molecule has 0 aliphatic heterocycles. The fourth-order valence-electron chi connectivity index (χ4n) is 1.54. The SMILES string of the molecule is C=CCCCCOc1ccc(O[Si](C)(C)C)cc1. The van der Waals surface area contributed by atoms with Crippen molar-refractivity contribution in [2.24, 2.45) is 0 Å². The van der Waals surface area contributed by atoms with Crippen molar-refractivity contribution >= 4 is 8.32 Å². The average Bonchev–Trinajstić information content (AvgIpc) is 2.29. The molecule has 0 amide bonds. The summed E-state index contributed by atoms with van der Waals surface area (Å²) in [6.07, 6.45) is 5.22. The lowest BCUT2D eigenvalue weighted by molar-refractivity contribution is 0.307. The molecule has 0 spiro atoms. The third-order valence-corrected chi connectivity index (χ3v) is 3.17. The van der Waals surface area contributed by atoms with Gasteiger partial charge in [-0.25, -0.2) is 0 Å². The topological polar surface area (TPSA) is 18.5 Å². The molecule has 0 aliphatic rings. The Morgan fingerprint density at radius 2 is 1.67 bits per heavy atom. The van der Waals surface area contributed by atoms with Crippen LogP contribution >= 0.6 is 0 Å². The first kappa shape index (κ1) is 14.8. The zero-order valence-corrected chi connectivity index (χ0v) is 12.7. The normalized spacial score (nSPS) is 11.1. The number of ether oxygens (including phenoxy) is 1. The van der Waals surface area contributed by atoms with Crippen LogP contribution in [0, 0.1) is 0 Å². The van der Waals surface area contributed by atoms with Crippen molar-refractivity contribution in [1.29, 1.82) is 0 Å². The molecule has 0 fully saturated rings. The first-order chi connectivity index (χ1) is 8.51. The fourth-order valence-corrected chi connectivity index (χ4v) is 2.38. The maximum atomic E-state index is 5.89. The van der Waals surface area contributed by atoms with Gasteiger partial charge in [-0.2, -0.15) is 0 Å². The molecular formula is C15H24O2Si. The minimum atomic E-state index is -1.51.